The molecule has 2 aromatic rings. The fourth-order valence-electron chi connectivity index (χ4n) is 3.06. The van der Waals surface area contributed by atoms with Crippen LogP contribution in [0.2, 0.25) is 0 Å². The van der Waals surface area contributed by atoms with Gasteiger partial charge in [0.1, 0.15) is 0 Å². The first-order chi connectivity index (χ1) is 12.1. The Bertz CT molecular complexity index is 773. The number of benzene rings is 1. The summed E-state index contributed by atoms with van der Waals surface area (Å²) in [5, 5.41) is 14.0. The second kappa shape index (κ2) is 7.29. The van der Waals surface area contributed by atoms with Crippen molar-refractivity contribution in [2.75, 3.05) is 18.0 Å². The summed E-state index contributed by atoms with van der Waals surface area (Å²) in [4.78, 5) is 29.5. The van der Waals surface area contributed by atoms with Gasteiger partial charge in [-0.25, -0.2) is 0 Å². The third-order valence-electron chi connectivity index (χ3n) is 4.44. The Morgan fingerprint density at radius 2 is 1.92 bits per heavy atom. The van der Waals surface area contributed by atoms with Gasteiger partial charge in [-0.1, -0.05) is 0 Å². The van der Waals surface area contributed by atoms with E-state index < -0.39 is 4.92 Å². The number of carbonyl (C=O) groups is 1. The molecule has 0 radical (unpaired) electrons. The van der Waals surface area contributed by atoms with Gasteiger partial charge in [0.25, 0.3) is 11.6 Å². The summed E-state index contributed by atoms with van der Waals surface area (Å²) in [7, 11) is 0. The van der Waals surface area contributed by atoms with Crippen LogP contribution in [0.4, 0.5) is 11.4 Å². The van der Waals surface area contributed by atoms with Crippen LogP contribution in [0.25, 0.3) is 0 Å². The summed E-state index contributed by atoms with van der Waals surface area (Å²) in [6.45, 7) is 3.59. The molecular formula is C18H20N4O3. The van der Waals surface area contributed by atoms with Crippen LogP contribution < -0.4 is 10.2 Å². The van der Waals surface area contributed by atoms with Crippen molar-refractivity contribution in [3.8, 4) is 0 Å². The van der Waals surface area contributed by atoms with Gasteiger partial charge in [-0.15, -0.1) is 0 Å². The fourth-order valence-corrected chi connectivity index (χ4v) is 3.06. The molecule has 25 heavy (non-hydrogen) atoms. The maximum atomic E-state index is 12.8. The second-order valence-electron chi connectivity index (χ2n) is 6.13. The average Bonchev–Trinajstić information content (AvgIpc) is 3.16. The summed E-state index contributed by atoms with van der Waals surface area (Å²) >= 11 is 0. The molecule has 0 saturated carbocycles. The molecule has 1 fully saturated rings. The number of nitro benzene ring substituents is 1. The van der Waals surface area contributed by atoms with E-state index in [9.17, 15) is 14.9 Å². The maximum absolute atomic E-state index is 12.8. The Kier molecular flexibility index (Phi) is 4.92. The predicted octanol–water partition coefficient (Wildman–Crippen LogP) is 3.08. The van der Waals surface area contributed by atoms with E-state index in [2.05, 4.69) is 15.2 Å². The lowest BCUT2D eigenvalue weighted by molar-refractivity contribution is -0.384. The number of non-ortho nitro benzene ring substituents is 1. The lowest BCUT2D eigenvalue weighted by Gasteiger charge is -2.22. The van der Waals surface area contributed by atoms with E-state index in [1.807, 2.05) is 19.1 Å². The SMILES string of the molecule is CC(NC(=O)c1cc([N+](=O)[O-])ccc1N1CCCC1)c1ccncc1. The average molecular weight is 340 g/mol. The summed E-state index contributed by atoms with van der Waals surface area (Å²) in [6.07, 6.45) is 5.46. The Labute approximate surface area is 145 Å². The van der Waals surface area contributed by atoms with Gasteiger partial charge in [0, 0.05) is 37.6 Å². The molecule has 3 rings (SSSR count). The first-order valence-electron chi connectivity index (χ1n) is 8.30. The number of pyridine rings is 1. The third kappa shape index (κ3) is 3.76. The van der Waals surface area contributed by atoms with E-state index in [0.717, 1.165) is 37.2 Å². The molecule has 0 bridgehead atoms. The Morgan fingerprint density at radius 3 is 2.56 bits per heavy atom. The minimum absolute atomic E-state index is 0.0790. The molecule has 0 spiro atoms. The molecule has 2 heterocycles. The lowest BCUT2D eigenvalue weighted by Crippen LogP contribution is -2.29. The first kappa shape index (κ1) is 16.9. The van der Waals surface area contributed by atoms with Gasteiger partial charge >= 0.3 is 0 Å². The van der Waals surface area contributed by atoms with Crippen LogP contribution in [0.3, 0.4) is 0 Å². The van der Waals surface area contributed by atoms with Gasteiger partial charge in [0.2, 0.25) is 0 Å². The number of hydrogen-bond acceptors (Lipinski definition) is 5. The molecule has 1 aliphatic rings. The van der Waals surface area contributed by atoms with E-state index in [-0.39, 0.29) is 17.6 Å². The highest BCUT2D eigenvalue weighted by molar-refractivity contribution is 6.00. The Hall–Kier alpha value is -2.96. The van der Waals surface area contributed by atoms with Gasteiger partial charge in [-0.2, -0.15) is 0 Å². The Balaban J connectivity index is 1.88. The van der Waals surface area contributed by atoms with Gasteiger partial charge in [0.05, 0.1) is 22.2 Å². The van der Waals surface area contributed by atoms with E-state index in [1.54, 1.807) is 18.5 Å². The van der Waals surface area contributed by atoms with E-state index in [4.69, 9.17) is 0 Å². The minimum atomic E-state index is -0.475. The zero-order valence-electron chi connectivity index (χ0n) is 14.0. The van der Waals surface area contributed by atoms with Gasteiger partial charge in [-0.3, -0.25) is 19.9 Å². The minimum Gasteiger partial charge on any atom is -0.371 e. The summed E-state index contributed by atoms with van der Waals surface area (Å²) in [6, 6.07) is 7.94. The molecular weight excluding hydrogens is 320 g/mol. The van der Waals surface area contributed by atoms with Crippen LogP contribution in [-0.4, -0.2) is 28.9 Å². The van der Waals surface area contributed by atoms with Crippen LogP contribution in [-0.2, 0) is 0 Å². The highest BCUT2D eigenvalue weighted by Gasteiger charge is 2.23. The van der Waals surface area contributed by atoms with Crippen LogP contribution >= 0.6 is 0 Å². The van der Waals surface area contributed by atoms with Crippen molar-refractivity contribution < 1.29 is 9.72 Å². The van der Waals surface area contributed by atoms with Crippen LogP contribution in [0.15, 0.2) is 42.7 Å². The lowest BCUT2D eigenvalue weighted by atomic mass is 10.1. The van der Waals surface area contributed by atoms with E-state index in [1.165, 1.54) is 12.1 Å². The zero-order chi connectivity index (χ0) is 17.8. The molecule has 1 aliphatic heterocycles. The molecule has 1 unspecified atom stereocenters. The van der Waals surface area contributed by atoms with Crippen LogP contribution in [0.5, 0.6) is 0 Å². The molecule has 1 aromatic heterocycles. The standard InChI is InChI=1S/C18H20N4O3/c1-13(14-6-8-19-9-7-14)20-18(23)16-12-15(22(24)25)4-5-17(16)21-10-2-3-11-21/h4-9,12-13H,2-3,10-11H2,1H3,(H,20,23). The number of aromatic nitrogens is 1. The highest BCUT2D eigenvalue weighted by atomic mass is 16.6. The largest absolute Gasteiger partial charge is 0.371 e. The summed E-state index contributed by atoms with van der Waals surface area (Å²) in [5.74, 6) is -0.310. The van der Waals surface area contributed by atoms with Crippen molar-refractivity contribution in [3.05, 3.63) is 64.0 Å². The summed E-state index contributed by atoms with van der Waals surface area (Å²) in [5.41, 5.74) is 1.95. The topological polar surface area (TPSA) is 88.4 Å². The molecule has 1 aromatic carbocycles. The Morgan fingerprint density at radius 1 is 1.24 bits per heavy atom. The molecule has 0 aliphatic carbocycles. The van der Waals surface area contributed by atoms with Crippen LogP contribution in [0, 0.1) is 10.1 Å². The number of rotatable bonds is 5. The van der Waals surface area contributed by atoms with E-state index >= 15 is 0 Å². The molecule has 1 atom stereocenters. The van der Waals surface area contributed by atoms with Crippen LogP contribution in [0.1, 0.15) is 41.7 Å². The predicted molar refractivity (Wildman–Crippen MR) is 94.7 cm³/mol. The van der Waals surface area contributed by atoms with Crippen molar-refractivity contribution in [1.82, 2.24) is 10.3 Å². The molecule has 1 N–H and O–H groups in total. The number of nitro groups is 1. The molecule has 130 valence electrons. The number of nitrogens with zero attached hydrogens (tertiary/aromatic N) is 3. The van der Waals surface area contributed by atoms with Crippen molar-refractivity contribution in [2.45, 2.75) is 25.8 Å². The monoisotopic (exact) mass is 340 g/mol. The van der Waals surface area contributed by atoms with Crippen molar-refractivity contribution in [3.63, 3.8) is 0 Å². The normalized spacial score (nSPS) is 15.0. The smallest absolute Gasteiger partial charge is 0.270 e. The van der Waals surface area contributed by atoms with Gasteiger partial charge in [-0.05, 0) is 43.5 Å². The zero-order valence-corrected chi connectivity index (χ0v) is 14.0. The fraction of sp³-hybridized carbons (Fsp3) is 0.333. The van der Waals surface area contributed by atoms with Crippen molar-refractivity contribution in [2.24, 2.45) is 0 Å². The highest BCUT2D eigenvalue weighted by Crippen LogP contribution is 2.29. The molecule has 7 heteroatoms. The molecule has 1 amide bonds. The number of carbonyl (C=O) groups excluding carboxylic acids is 1. The number of anilines is 1. The van der Waals surface area contributed by atoms with Crippen molar-refractivity contribution >= 4 is 17.3 Å². The first-order valence-corrected chi connectivity index (χ1v) is 8.30. The number of nitrogens with one attached hydrogen (secondary N) is 1. The third-order valence-corrected chi connectivity index (χ3v) is 4.44. The van der Waals surface area contributed by atoms with Crippen molar-refractivity contribution in [1.29, 1.82) is 0 Å². The van der Waals surface area contributed by atoms with Gasteiger partial charge in [0.15, 0.2) is 0 Å². The van der Waals surface area contributed by atoms with E-state index in [0.29, 0.717) is 5.56 Å². The second-order valence-corrected chi connectivity index (χ2v) is 6.13. The molecule has 1 saturated heterocycles. The van der Waals surface area contributed by atoms with Gasteiger partial charge < -0.3 is 10.2 Å². The maximum Gasteiger partial charge on any atom is 0.270 e. The molecule has 7 nitrogen and oxygen atoms in total. The summed E-state index contributed by atoms with van der Waals surface area (Å²) < 4.78 is 0. The quantitative estimate of drug-likeness (QED) is 0.667. The number of amides is 1. The number of hydrogen-bond donors (Lipinski definition) is 1.